The highest BCUT2D eigenvalue weighted by atomic mass is 16.5. The van der Waals surface area contributed by atoms with E-state index in [4.69, 9.17) is 4.74 Å². The van der Waals surface area contributed by atoms with Crippen molar-refractivity contribution in [3.63, 3.8) is 0 Å². The smallest absolute Gasteiger partial charge is 0.237 e. The largest absolute Gasteiger partial charge is 0.389 e. The molecule has 0 saturated carbocycles. The Morgan fingerprint density at radius 3 is 2.92 bits per heavy atom. The molecule has 0 aliphatic carbocycles. The van der Waals surface area contributed by atoms with Crippen LogP contribution in [0.4, 0.5) is 0 Å². The van der Waals surface area contributed by atoms with Crippen LogP contribution in [0, 0.1) is 5.92 Å². The normalized spacial score (nSPS) is 19.7. The van der Waals surface area contributed by atoms with Gasteiger partial charge in [-0.2, -0.15) is 0 Å². The molecule has 0 saturated heterocycles. The molecular formula is C19H30N2O3. The van der Waals surface area contributed by atoms with E-state index in [1.807, 2.05) is 4.90 Å². The first-order chi connectivity index (χ1) is 11.6. The van der Waals surface area contributed by atoms with Crippen LogP contribution in [0.15, 0.2) is 24.3 Å². The summed E-state index contributed by atoms with van der Waals surface area (Å²) in [6.07, 6.45) is 1.35. The second-order valence-electron chi connectivity index (χ2n) is 6.61. The lowest BCUT2D eigenvalue weighted by molar-refractivity contribution is -0.134. The van der Waals surface area contributed by atoms with E-state index in [-0.39, 0.29) is 25.1 Å². The molecule has 24 heavy (non-hydrogen) atoms. The van der Waals surface area contributed by atoms with Gasteiger partial charge in [-0.05, 0) is 23.5 Å². The predicted octanol–water partition coefficient (Wildman–Crippen LogP) is 1.76. The molecule has 134 valence electrons. The molecule has 0 bridgehead atoms. The van der Waals surface area contributed by atoms with Gasteiger partial charge in [0.05, 0.1) is 25.3 Å². The topological polar surface area (TPSA) is 61.8 Å². The van der Waals surface area contributed by atoms with Gasteiger partial charge in [-0.25, -0.2) is 0 Å². The van der Waals surface area contributed by atoms with E-state index < -0.39 is 6.10 Å². The minimum Gasteiger partial charge on any atom is -0.389 e. The molecule has 0 spiro atoms. The van der Waals surface area contributed by atoms with Crippen LogP contribution in [0.1, 0.15) is 37.4 Å². The summed E-state index contributed by atoms with van der Waals surface area (Å²) in [5, 5.41) is 12.7. The molecule has 0 aromatic heterocycles. The van der Waals surface area contributed by atoms with Gasteiger partial charge in [-0.15, -0.1) is 0 Å². The van der Waals surface area contributed by atoms with Crippen molar-refractivity contribution in [1.82, 2.24) is 10.2 Å². The lowest BCUT2D eigenvalue weighted by Crippen LogP contribution is -2.47. The van der Waals surface area contributed by atoms with Crippen LogP contribution in [0.2, 0.25) is 0 Å². The molecule has 1 aromatic carbocycles. The number of nitrogens with one attached hydrogen (secondary N) is 1. The van der Waals surface area contributed by atoms with E-state index in [9.17, 15) is 9.90 Å². The molecule has 2 rings (SSSR count). The number of aliphatic hydroxyl groups is 1. The Morgan fingerprint density at radius 2 is 2.21 bits per heavy atom. The van der Waals surface area contributed by atoms with E-state index in [1.165, 1.54) is 11.1 Å². The number of benzene rings is 1. The fourth-order valence-electron chi connectivity index (χ4n) is 3.41. The van der Waals surface area contributed by atoms with Crippen molar-refractivity contribution in [2.24, 2.45) is 5.92 Å². The van der Waals surface area contributed by atoms with Crippen molar-refractivity contribution in [3.8, 4) is 0 Å². The first kappa shape index (κ1) is 18.9. The number of fused-ring (bicyclic) bond motifs is 1. The molecular weight excluding hydrogens is 304 g/mol. The number of carbonyl (C=O) groups excluding carboxylic acids is 1. The highest BCUT2D eigenvalue weighted by Crippen LogP contribution is 2.36. The van der Waals surface area contributed by atoms with Crippen LogP contribution in [0.5, 0.6) is 0 Å². The Bertz CT molecular complexity index is 535. The molecule has 1 amide bonds. The summed E-state index contributed by atoms with van der Waals surface area (Å²) in [5.74, 6) is 0.508. The fourth-order valence-corrected chi connectivity index (χ4v) is 3.41. The highest BCUT2D eigenvalue weighted by molar-refractivity contribution is 5.79. The van der Waals surface area contributed by atoms with Gasteiger partial charge in [0.15, 0.2) is 0 Å². The van der Waals surface area contributed by atoms with Crippen molar-refractivity contribution in [3.05, 3.63) is 35.4 Å². The molecule has 0 radical (unpaired) electrons. The highest BCUT2D eigenvalue weighted by Gasteiger charge is 2.33. The summed E-state index contributed by atoms with van der Waals surface area (Å²) < 4.78 is 4.89. The van der Waals surface area contributed by atoms with Crippen molar-refractivity contribution >= 4 is 5.91 Å². The number of hydrogen-bond donors (Lipinski definition) is 2. The van der Waals surface area contributed by atoms with Gasteiger partial charge >= 0.3 is 0 Å². The number of methoxy groups -OCH3 is 1. The number of nitrogens with zero attached hydrogens (tertiary/aromatic N) is 1. The molecule has 2 unspecified atom stereocenters. The number of ether oxygens (including phenoxy) is 1. The molecule has 5 nitrogen and oxygen atoms in total. The first-order valence-corrected chi connectivity index (χ1v) is 8.83. The number of hydrogen-bond acceptors (Lipinski definition) is 4. The average Bonchev–Trinajstić information content (AvgIpc) is 2.60. The summed E-state index contributed by atoms with van der Waals surface area (Å²) in [4.78, 5) is 14.7. The Kier molecular flexibility index (Phi) is 7.21. The Hall–Kier alpha value is -1.43. The summed E-state index contributed by atoms with van der Waals surface area (Å²) in [6, 6.07) is 8.59. The number of carbonyl (C=O) groups is 1. The quantitative estimate of drug-likeness (QED) is 0.760. The minimum absolute atomic E-state index is 0.0967. The third kappa shape index (κ3) is 4.56. The van der Waals surface area contributed by atoms with Gasteiger partial charge < -0.3 is 20.1 Å². The molecule has 5 heteroatoms. The maximum Gasteiger partial charge on any atom is 0.237 e. The third-order valence-electron chi connectivity index (χ3n) is 4.85. The van der Waals surface area contributed by atoms with E-state index >= 15 is 0 Å². The van der Waals surface area contributed by atoms with Gasteiger partial charge in [-0.3, -0.25) is 4.79 Å². The van der Waals surface area contributed by atoms with E-state index in [2.05, 4.69) is 43.4 Å². The lowest BCUT2D eigenvalue weighted by Gasteiger charge is -2.40. The fraction of sp³-hybridized carbons (Fsp3) is 0.632. The van der Waals surface area contributed by atoms with Gasteiger partial charge in [0.1, 0.15) is 0 Å². The maximum atomic E-state index is 12.7. The number of amides is 1. The van der Waals surface area contributed by atoms with Crippen LogP contribution >= 0.6 is 0 Å². The minimum atomic E-state index is -0.588. The number of aliphatic hydroxyl groups excluding tert-OH is 1. The first-order valence-electron chi connectivity index (χ1n) is 8.83. The van der Waals surface area contributed by atoms with E-state index in [0.29, 0.717) is 12.5 Å². The van der Waals surface area contributed by atoms with E-state index in [0.717, 1.165) is 19.4 Å². The van der Waals surface area contributed by atoms with Crippen LogP contribution < -0.4 is 5.32 Å². The Labute approximate surface area is 145 Å². The summed E-state index contributed by atoms with van der Waals surface area (Å²) in [6.45, 7) is 6.02. The van der Waals surface area contributed by atoms with Crippen LogP contribution in [-0.4, -0.2) is 55.4 Å². The van der Waals surface area contributed by atoms with E-state index in [1.54, 1.807) is 7.11 Å². The van der Waals surface area contributed by atoms with Gasteiger partial charge in [-0.1, -0.05) is 44.5 Å². The average molecular weight is 334 g/mol. The summed E-state index contributed by atoms with van der Waals surface area (Å²) in [5.41, 5.74) is 2.64. The SMILES string of the molecule is CCC(C)C1c2ccccc2CCN1C(=O)CNC[C@H](O)COC. The van der Waals surface area contributed by atoms with Crippen molar-refractivity contribution in [2.45, 2.75) is 38.8 Å². The molecule has 3 atom stereocenters. The maximum absolute atomic E-state index is 12.7. The van der Waals surface area contributed by atoms with Gasteiger partial charge in [0.25, 0.3) is 0 Å². The lowest BCUT2D eigenvalue weighted by atomic mass is 9.84. The molecule has 1 aliphatic heterocycles. The molecule has 1 aliphatic rings. The zero-order valence-corrected chi connectivity index (χ0v) is 15.0. The van der Waals surface area contributed by atoms with Gasteiger partial charge in [0, 0.05) is 20.2 Å². The van der Waals surface area contributed by atoms with Crippen molar-refractivity contribution in [2.75, 3.05) is 33.4 Å². The molecule has 1 heterocycles. The summed E-state index contributed by atoms with van der Waals surface area (Å²) in [7, 11) is 1.55. The molecule has 1 aromatic rings. The molecule has 0 fully saturated rings. The predicted molar refractivity (Wildman–Crippen MR) is 94.8 cm³/mol. The van der Waals surface area contributed by atoms with Crippen LogP contribution in [0.3, 0.4) is 0 Å². The second kappa shape index (κ2) is 9.16. The zero-order chi connectivity index (χ0) is 17.5. The zero-order valence-electron chi connectivity index (χ0n) is 15.0. The van der Waals surface area contributed by atoms with Crippen LogP contribution in [0.25, 0.3) is 0 Å². The third-order valence-corrected chi connectivity index (χ3v) is 4.85. The van der Waals surface area contributed by atoms with Crippen molar-refractivity contribution < 1.29 is 14.6 Å². The van der Waals surface area contributed by atoms with Gasteiger partial charge in [0.2, 0.25) is 5.91 Å². The standard InChI is InChI=1S/C19H30N2O3/c1-4-14(2)19-17-8-6-5-7-15(17)9-10-21(19)18(23)12-20-11-16(22)13-24-3/h5-8,14,16,19-20,22H,4,9-13H2,1-3H3/t14?,16-,19?/m0/s1. The Balaban J connectivity index is 2.04. The molecule has 2 N–H and O–H groups in total. The Morgan fingerprint density at radius 1 is 1.46 bits per heavy atom. The van der Waals surface area contributed by atoms with Crippen molar-refractivity contribution in [1.29, 1.82) is 0 Å². The summed E-state index contributed by atoms with van der Waals surface area (Å²) >= 11 is 0. The second-order valence-corrected chi connectivity index (χ2v) is 6.61. The van der Waals surface area contributed by atoms with Crippen LogP contribution in [-0.2, 0) is 16.0 Å². The number of rotatable bonds is 8. The monoisotopic (exact) mass is 334 g/mol.